The van der Waals surface area contributed by atoms with Crippen LogP contribution >= 0.6 is 11.8 Å². The standard InChI is InChI=1S/C14H30N2OS/c1-4-5-10-17-11-7-15-6-8-16-9-12-18-14(3)13(16)2/h13-15H,4-12H2,1-3H3. The van der Waals surface area contributed by atoms with E-state index in [1.165, 1.54) is 31.7 Å². The molecule has 0 amide bonds. The molecule has 0 saturated carbocycles. The predicted octanol–water partition coefficient (Wildman–Crippen LogP) is 2.22. The van der Waals surface area contributed by atoms with E-state index in [0.29, 0.717) is 6.04 Å². The molecule has 1 rings (SSSR count). The van der Waals surface area contributed by atoms with Crippen LogP contribution in [0, 0.1) is 0 Å². The highest BCUT2D eigenvalue weighted by atomic mass is 32.2. The Morgan fingerprint density at radius 3 is 2.89 bits per heavy atom. The predicted molar refractivity (Wildman–Crippen MR) is 81.6 cm³/mol. The van der Waals surface area contributed by atoms with Crippen LogP contribution in [0.3, 0.4) is 0 Å². The molecule has 0 radical (unpaired) electrons. The van der Waals surface area contributed by atoms with E-state index in [0.717, 1.165) is 31.6 Å². The average molecular weight is 274 g/mol. The van der Waals surface area contributed by atoms with Gasteiger partial charge >= 0.3 is 0 Å². The van der Waals surface area contributed by atoms with Crippen molar-refractivity contribution in [1.29, 1.82) is 0 Å². The van der Waals surface area contributed by atoms with Crippen molar-refractivity contribution in [3.63, 3.8) is 0 Å². The van der Waals surface area contributed by atoms with Gasteiger partial charge in [-0.25, -0.2) is 0 Å². The molecule has 3 nitrogen and oxygen atoms in total. The van der Waals surface area contributed by atoms with Crippen molar-refractivity contribution in [2.24, 2.45) is 0 Å². The van der Waals surface area contributed by atoms with Gasteiger partial charge in [0.05, 0.1) is 6.61 Å². The highest BCUT2D eigenvalue weighted by Gasteiger charge is 2.24. The van der Waals surface area contributed by atoms with Crippen LogP contribution in [0.4, 0.5) is 0 Å². The van der Waals surface area contributed by atoms with E-state index >= 15 is 0 Å². The molecule has 18 heavy (non-hydrogen) atoms. The largest absolute Gasteiger partial charge is 0.380 e. The first-order valence-electron chi connectivity index (χ1n) is 7.39. The minimum Gasteiger partial charge on any atom is -0.380 e. The van der Waals surface area contributed by atoms with Crippen molar-refractivity contribution in [1.82, 2.24) is 10.2 Å². The van der Waals surface area contributed by atoms with Crippen LogP contribution < -0.4 is 5.32 Å². The molecule has 0 bridgehead atoms. The van der Waals surface area contributed by atoms with Gasteiger partial charge in [-0.2, -0.15) is 11.8 Å². The zero-order chi connectivity index (χ0) is 13.2. The van der Waals surface area contributed by atoms with Crippen molar-refractivity contribution in [2.75, 3.05) is 45.1 Å². The quantitative estimate of drug-likeness (QED) is 0.652. The number of rotatable bonds is 9. The summed E-state index contributed by atoms with van der Waals surface area (Å²) in [5, 5.41) is 4.25. The summed E-state index contributed by atoms with van der Waals surface area (Å²) in [6.45, 7) is 13.1. The first-order chi connectivity index (χ1) is 8.75. The molecule has 2 atom stereocenters. The van der Waals surface area contributed by atoms with Crippen molar-refractivity contribution in [2.45, 2.75) is 44.9 Å². The van der Waals surface area contributed by atoms with Crippen molar-refractivity contribution in [3.05, 3.63) is 0 Å². The van der Waals surface area contributed by atoms with E-state index in [1.54, 1.807) is 0 Å². The molecule has 0 spiro atoms. The Morgan fingerprint density at radius 2 is 2.11 bits per heavy atom. The third-order valence-corrected chi connectivity index (χ3v) is 4.99. The van der Waals surface area contributed by atoms with E-state index in [1.807, 2.05) is 0 Å². The highest BCUT2D eigenvalue weighted by molar-refractivity contribution is 8.00. The minimum atomic E-state index is 0.714. The summed E-state index contributed by atoms with van der Waals surface area (Å²) < 4.78 is 5.52. The molecule has 1 fully saturated rings. The van der Waals surface area contributed by atoms with Gasteiger partial charge in [-0.1, -0.05) is 20.3 Å². The second-order valence-corrected chi connectivity index (χ2v) is 6.55. The summed E-state index contributed by atoms with van der Waals surface area (Å²) in [7, 11) is 0. The Bertz CT molecular complexity index is 204. The fourth-order valence-electron chi connectivity index (χ4n) is 2.15. The van der Waals surface area contributed by atoms with Crippen LogP contribution in [0.5, 0.6) is 0 Å². The van der Waals surface area contributed by atoms with Gasteiger partial charge in [0, 0.05) is 49.8 Å². The number of nitrogens with zero attached hydrogens (tertiary/aromatic N) is 1. The zero-order valence-electron chi connectivity index (χ0n) is 12.3. The van der Waals surface area contributed by atoms with Crippen LogP contribution in [-0.2, 0) is 4.74 Å². The molecule has 0 aromatic rings. The molecular weight excluding hydrogens is 244 g/mol. The first-order valence-corrected chi connectivity index (χ1v) is 8.44. The topological polar surface area (TPSA) is 24.5 Å². The number of thioether (sulfide) groups is 1. The maximum atomic E-state index is 5.52. The SMILES string of the molecule is CCCCOCCNCCN1CCSC(C)C1C. The third-order valence-electron chi connectivity index (χ3n) is 3.66. The molecule has 0 aromatic heterocycles. The number of ether oxygens (including phenoxy) is 1. The minimum absolute atomic E-state index is 0.714. The number of hydrogen-bond donors (Lipinski definition) is 1. The summed E-state index contributed by atoms with van der Waals surface area (Å²) in [6.07, 6.45) is 2.40. The van der Waals surface area contributed by atoms with Gasteiger partial charge in [0.2, 0.25) is 0 Å². The fourth-order valence-corrected chi connectivity index (χ4v) is 3.31. The van der Waals surface area contributed by atoms with E-state index in [9.17, 15) is 0 Å². The van der Waals surface area contributed by atoms with Gasteiger partial charge in [0.15, 0.2) is 0 Å². The Kier molecular flexibility index (Phi) is 9.11. The lowest BCUT2D eigenvalue weighted by Gasteiger charge is -2.37. The molecule has 108 valence electrons. The molecule has 4 heteroatoms. The number of unbranched alkanes of at least 4 members (excludes halogenated alkanes) is 1. The van der Waals surface area contributed by atoms with Crippen LogP contribution in [-0.4, -0.2) is 61.3 Å². The van der Waals surface area contributed by atoms with Crippen LogP contribution in [0.15, 0.2) is 0 Å². The van der Waals surface area contributed by atoms with Gasteiger partial charge in [-0.3, -0.25) is 4.90 Å². The average Bonchev–Trinajstić information content (AvgIpc) is 2.37. The number of hydrogen-bond acceptors (Lipinski definition) is 4. The third kappa shape index (κ3) is 6.41. The smallest absolute Gasteiger partial charge is 0.0590 e. The van der Waals surface area contributed by atoms with Crippen molar-refractivity contribution >= 4 is 11.8 Å². The molecule has 2 unspecified atom stereocenters. The Balaban J connectivity index is 1.94. The molecular formula is C14H30N2OS. The normalized spacial score (nSPS) is 25.5. The molecule has 1 aliphatic heterocycles. The summed E-state index contributed by atoms with van der Waals surface area (Å²) in [4.78, 5) is 2.60. The van der Waals surface area contributed by atoms with Crippen LogP contribution in [0.1, 0.15) is 33.6 Å². The van der Waals surface area contributed by atoms with Crippen molar-refractivity contribution < 1.29 is 4.74 Å². The highest BCUT2D eigenvalue weighted by Crippen LogP contribution is 2.23. The summed E-state index contributed by atoms with van der Waals surface area (Å²) in [6, 6.07) is 0.714. The molecule has 1 saturated heterocycles. The Hall–Kier alpha value is 0.230. The lowest BCUT2D eigenvalue weighted by atomic mass is 10.2. The van der Waals surface area contributed by atoms with Crippen LogP contribution in [0.2, 0.25) is 0 Å². The summed E-state index contributed by atoms with van der Waals surface area (Å²) >= 11 is 2.10. The second-order valence-electron chi connectivity index (χ2n) is 5.07. The monoisotopic (exact) mass is 274 g/mol. The summed E-state index contributed by atoms with van der Waals surface area (Å²) in [5.74, 6) is 1.28. The van der Waals surface area contributed by atoms with E-state index in [-0.39, 0.29) is 0 Å². The van der Waals surface area contributed by atoms with Crippen molar-refractivity contribution in [3.8, 4) is 0 Å². The van der Waals surface area contributed by atoms with Gasteiger partial charge in [0.1, 0.15) is 0 Å². The van der Waals surface area contributed by atoms with Gasteiger partial charge < -0.3 is 10.1 Å². The molecule has 0 aromatic carbocycles. The number of nitrogens with one attached hydrogen (secondary N) is 1. The fraction of sp³-hybridized carbons (Fsp3) is 1.00. The van der Waals surface area contributed by atoms with Gasteiger partial charge in [0.25, 0.3) is 0 Å². The summed E-state index contributed by atoms with van der Waals surface area (Å²) in [5.41, 5.74) is 0. The second kappa shape index (κ2) is 10.1. The van der Waals surface area contributed by atoms with E-state index < -0.39 is 0 Å². The molecule has 1 aliphatic rings. The Morgan fingerprint density at radius 1 is 1.28 bits per heavy atom. The first kappa shape index (κ1) is 16.3. The van der Waals surface area contributed by atoms with Gasteiger partial charge in [-0.05, 0) is 13.3 Å². The zero-order valence-corrected chi connectivity index (χ0v) is 13.1. The van der Waals surface area contributed by atoms with E-state index in [2.05, 4.69) is 42.7 Å². The molecule has 1 N–H and O–H groups in total. The van der Waals surface area contributed by atoms with Crippen LogP contribution in [0.25, 0.3) is 0 Å². The maximum Gasteiger partial charge on any atom is 0.0590 e. The van der Waals surface area contributed by atoms with Gasteiger partial charge in [-0.15, -0.1) is 0 Å². The lowest BCUT2D eigenvalue weighted by molar-refractivity contribution is 0.131. The Labute approximate surface area is 117 Å². The van der Waals surface area contributed by atoms with E-state index in [4.69, 9.17) is 4.74 Å². The maximum absolute atomic E-state index is 5.52. The lowest BCUT2D eigenvalue weighted by Crippen LogP contribution is -2.47. The molecule has 0 aliphatic carbocycles. The molecule has 1 heterocycles.